The van der Waals surface area contributed by atoms with Gasteiger partial charge >= 0.3 is 0 Å². The van der Waals surface area contributed by atoms with Crippen LogP contribution >= 0.6 is 0 Å². The van der Waals surface area contributed by atoms with Crippen molar-refractivity contribution in [2.24, 2.45) is 5.41 Å². The molecule has 2 aliphatic rings. The third kappa shape index (κ3) is 3.31. The van der Waals surface area contributed by atoms with Gasteiger partial charge in [-0.1, -0.05) is 26.0 Å². The Balaban J connectivity index is 1.69. The summed E-state index contributed by atoms with van der Waals surface area (Å²) in [6, 6.07) is 12.2. The number of Topliss-reactive ketones (excluding diaryl/α,β-unsaturated/α-hetero) is 1. The van der Waals surface area contributed by atoms with E-state index in [1.54, 1.807) is 41.1 Å². The Morgan fingerprint density at radius 2 is 1.94 bits per heavy atom. The molecule has 1 atom stereocenters. The number of phenolic OH excluding ortho intramolecular Hbond substituents is 1. The van der Waals surface area contributed by atoms with Crippen LogP contribution in [0.15, 0.2) is 59.8 Å². The normalized spacial score (nSPS) is 19.2. The molecule has 0 amide bonds. The van der Waals surface area contributed by atoms with Crippen LogP contribution in [0.5, 0.6) is 5.75 Å². The van der Waals surface area contributed by atoms with Gasteiger partial charge in [0.1, 0.15) is 11.8 Å². The summed E-state index contributed by atoms with van der Waals surface area (Å²) in [5.41, 5.74) is 2.39. The molecule has 0 spiro atoms. The van der Waals surface area contributed by atoms with E-state index in [1.165, 1.54) is 12.1 Å². The summed E-state index contributed by atoms with van der Waals surface area (Å²) in [7, 11) is 0. The van der Waals surface area contributed by atoms with Gasteiger partial charge in [0.25, 0.3) is 5.69 Å². The van der Waals surface area contributed by atoms with Gasteiger partial charge in [-0.25, -0.2) is 4.68 Å². The molecular formula is C23H21N5O4. The Morgan fingerprint density at radius 3 is 2.66 bits per heavy atom. The van der Waals surface area contributed by atoms with E-state index in [-0.39, 0.29) is 22.6 Å². The molecule has 162 valence electrons. The number of fused-ring (bicyclic) bond motifs is 1. The molecule has 1 aromatic heterocycles. The van der Waals surface area contributed by atoms with Crippen molar-refractivity contribution in [1.29, 1.82) is 0 Å². The van der Waals surface area contributed by atoms with Crippen LogP contribution in [0.4, 0.5) is 11.6 Å². The summed E-state index contributed by atoms with van der Waals surface area (Å²) < 4.78 is 1.62. The highest BCUT2D eigenvalue weighted by Crippen LogP contribution is 2.46. The van der Waals surface area contributed by atoms with Gasteiger partial charge in [-0.3, -0.25) is 14.9 Å². The first kappa shape index (κ1) is 19.9. The molecule has 2 N–H and O–H groups in total. The van der Waals surface area contributed by atoms with Gasteiger partial charge in [0.05, 0.1) is 4.92 Å². The summed E-state index contributed by atoms with van der Waals surface area (Å²) >= 11 is 0. The van der Waals surface area contributed by atoms with Crippen molar-refractivity contribution >= 4 is 17.4 Å². The van der Waals surface area contributed by atoms with Crippen LogP contribution in [0, 0.1) is 15.5 Å². The van der Waals surface area contributed by atoms with Gasteiger partial charge in [0, 0.05) is 35.4 Å². The van der Waals surface area contributed by atoms with Crippen molar-refractivity contribution in [3.63, 3.8) is 0 Å². The Labute approximate surface area is 183 Å². The average Bonchev–Trinajstić information content (AvgIpc) is 3.15. The lowest BCUT2D eigenvalue weighted by Crippen LogP contribution is -2.36. The number of nitrogens with one attached hydrogen (secondary N) is 1. The Bertz CT molecular complexity index is 1290. The maximum absolute atomic E-state index is 13.2. The smallest absolute Gasteiger partial charge is 0.269 e. The number of phenols is 1. The van der Waals surface area contributed by atoms with Crippen LogP contribution < -0.4 is 5.32 Å². The highest BCUT2D eigenvalue weighted by molar-refractivity contribution is 6.00. The predicted octanol–water partition coefficient (Wildman–Crippen LogP) is 4.22. The van der Waals surface area contributed by atoms with E-state index in [2.05, 4.69) is 15.4 Å². The second kappa shape index (κ2) is 7.01. The summed E-state index contributed by atoms with van der Waals surface area (Å²) in [6.07, 6.45) is 1.04. The number of benzene rings is 2. The van der Waals surface area contributed by atoms with Gasteiger partial charge in [0.2, 0.25) is 5.95 Å². The zero-order chi connectivity index (χ0) is 22.6. The van der Waals surface area contributed by atoms with Gasteiger partial charge in [-0.15, -0.1) is 5.10 Å². The Hall–Kier alpha value is -4.01. The van der Waals surface area contributed by atoms with Crippen molar-refractivity contribution < 1.29 is 14.8 Å². The van der Waals surface area contributed by atoms with E-state index in [9.17, 15) is 20.0 Å². The molecule has 5 rings (SSSR count). The fourth-order valence-corrected chi connectivity index (χ4v) is 4.46. The third-order valence-corrected chi connectivity index (χ3v) is 5.85. The number of hydrogen-bond acceptors (Lipinski definition) is 7. The number of hydrogen-bond donors (Lipinski definition) is 2. The lowest BCUT2D eigenvalue weighted by Gasteiger charge is -2.38. The van der Waals surface area contributed by atoms with E-state index in [4.69, 9.17) is 0 Å². The molecular weight excluding hydrogens is 410 g/mol. The number of allylic oxidation sites excluding steroid dienone is 2. The standard InChI is InChI=1S/C23H21N5O4/c1-23(2)11-17-19(18(30)12-23)20(14-4-3-5-15(10-14)28(31)32)27-22(24-17)25-21(26-27)13-6-8-16(29)9-7-13/h3-10,20,29H,11-12H2,1-2H3,(H,24,25,26). The highest BCUT2D eigenvalue weighted by Gasteiger charge is 2.42. The minimum absolute atomic E-state index is 0.00686. The Morgan fingerprint density at radius 1 is 1.19 bits per heavy atom. The number of carbonyl (C=O) groups excluding carboxylic acids is 1. The second-order valence-electron chi connectivity index (χ2n) is 8.96. The molecule has 0 saturated heterocycles. The summed E-state index contributed by atoms with van der Waals surface area (Å²) in [4.78, 5) is 28.8. The van der Waals surface area contributed by atoms with E-state index in [1.807, 2.05) is 13.8 Å². The molecule has 2 heterocycles. The molecule has 9 heteroatoms. The molecule has 2 aromatic carbocycles. The van der Waals surface area contributed by atoms with Crippen LogP contribution in [-0.4, -0.2) is 30.6 Å². The number of ketones is 1. The van der Waals surface area contributed by atoms with Crippen LogP contribution in [0.1, 0.15) is 38.3 Å². The van der Waals surface area contributed by atoms with Crippen molar-refractivity contribution in [3.8, 4) is 17.1 Å². The molecule has 0 fully saturated rings. The number of carbonyl (C=O) groups is 1. The quantitative estimate of drug-likeness (QED) is 0.470. The number of nitro groups is 1. The number of aromatic nitrogens is 3. The zero-order valence-corrected chi connectivity index (χ0v) is 17.6. The third-order valence-electron chi connectivity index (χ3n) is 5.85. The number of nitrogens with zero attached hydrogens (tertiary/aromatic N) is 4. The summed E-state index contributed by atoms with van der Waals surface area (Å²) in [5, 5.41) is 28.9. The number of nitro benzene ring substituents is 1. The van der Waals surface area contributed by atoms with Gasteiger partial charge < -0.3 is 10.4 Å². The lowest BCUT2D eigenvalue weighted by atomic mass is 9.73. The molecule has 32 heavy (non-hydrogen) atoms. The molecule has 9 nitrogen and oxygen atoms in total. The van der Waals surface area contributed by atoms with Crippen molar-refractivity contribution in [1.82, 2.24) is 14.8 Å². The monoisotopic (exact) mass is 431 g/mol. The van der Waals surface area contributed by atoms with Crippen molar-refractivity contribution in [3.05, 3.63) is 75.5 Å². The maximum atomic E-state index is 13.2. The topological polar surface area (TPSA) is 123 Å². The number of aromatic hydroxyl groups is 1. The molecule has 1 aliphatic carbocycles. The zero-order valence-electron chi connectivity index (χ0n) is 17.6. The summed E-state index contributed by atoms with van der Waals surface area (Å²) in [5.74, 6) is 1.02. The lowest BCUT2D eigenvalue weighted by molar-refractivity contribution is -0.384. The van der Waals surface area contributed by atoms with Gasteiger partial charge in [-0.05, 0) is 41.7 Å². The molecule has 0 saturated carbocycles. The van der Waals surface area contributed by atoms with Crippen LogP contribution in [0.3, 0.4) is 0 Å². The van der Waals surface area contributed by atoms with Crippen LogP contribution in [0.25, 0.3) is 11.4 Å². The SMILES string of the molecule is CC1(C)CC(=O)C2=C(C1)Nc1nc(-c3ccc(O)cc3)nn1C2c1cccc([N+](=O)[O-])c1. The molecule has 0 bridgehead atoms. The van der Waals surface area contributed by atoms with E-state index in [0.717, 1.165) is 5.70 Å². The number of anilines is 1. The first-order chi connectivity index (χ1) is 15.2. The first-order valence-electron chi connectivity index (χ1n) is 10.3. The molecule has 3 aromatic rings. The predicted molar refractivity (Wildman–Crippen MR) is 117 cm³/mol. The fraction of sp³-hybridized carbons (Fsp3) is 0.261. The minimum atomic E-state index is -0.622. The second-order valence-corrected chi connectivity index (χ2v) is 8.96. The first-order valence-corrected chi connectivity index (χ1v) is 10.3. The van der Waals surface area contributed by atoms with Crippen LogP contribution in [-0.2, 0) is 4.79 Å². The maximum Gasteiger partial charge on any atom is 0.269 e. The van der Waals surface area contributed by atoms with Gasteiger partial charge in [-0.2, -0.15) is 4.98 Å². The van der Waals surface area contributed by atoms with Crippen LogP contribution in [0.2, 0.25) is 0 Å². The highest BCUT2D eigenvalue weighted by atomic mass is 16.6. The summed E-state index contributed by atoms with van der Waals surface area (Å²) in [6.45, 7) is 4.08. The van der Waals surface area contributed by atoms with Crippen molar-refractivity contribution in [2.75, 3.05) is 5.32 Å². The van der Waals surface area contributed by atoms with Crippen molar-refractivity contribution in [2.45, 2.75) is 32.7 Å². The van der Waals surface area contributed by atoms with E-state index < -0.39 is 11.0 Å². The fourth-order valence-electron chi connectivity index (χ4n) is 4.46. The molecule has 1 unspecified atom stereocenters. The van der Waals surface area contributed by atoms with E-state index >= 15 is 0 Å². The molecule has 1 aliphatic heterocycles. The number of rotatable bonds is 3. The largest absolute Gasteiger partial charge is 0.508 e. The van der Waals surface area contributed by atoms with E-state index in [0.29, 0.717) is 41.3 Å². The number of non-ortho nitro benzene ring substituents is 1. The minimum Gasteiger partial charge on any atom is -0.508 e. The molecule has 0 radical (unpaired) electrons. The average molecular weight is 431 g/mol. The van der Waals surface area contributed by atoms with Gasteiger partial charge in [0.15, 0.2) is 11.6 Å². The Kier molecular flexibility index (Phi) is 4.37.